The Morgan fingerprint density at radius 1 is 1.16 bits per heavy atom. The third-order valence-corrected chi connectivity index (χ3v) is 6.03. The molecule has 1 N–H and O–H groups in total. The lowest BCUT2D eigenvalue weighted by molar-refractivity contribution is 0.269. The fourth-order valence-electron chi connectivity index (χ4n) is 4.40. The number of imidazole rings is 1. The first-order valence-electron chi connectivity index (χ1n) is 11.7. The Labute approximate surface area is 189 Å². The van der Waals surface area contributed by atoms with Crippen molar-refractivity contribution in [3.05, 3.63) is 45.6 Å². The van der Waals surface area contributed by atoms with Gasteiger partial charge < -0.3 is 14.6 Å². The van der Waals surface area contributed by atoms with E-state index in [1.54, 1.807) is 4.52 Å². The predicted molar refractivity (Wildman–Crippen MR) is 126 cm³/mol. The molecule has 0 unspecified atom stereocenters. The summed E-state index contributed by atoms with van der Waals surface area (Å²) in [5.74, 6) is 2.05. The Bertz CT molecular complexity index is 1140. The van der Waals surface area contributed by atoms with Gasteiger partial charge in [0.05, 0.1) is 17.9 Å². The first kappa shape index (κ1) is 22.5. The topological polar surface area (TPSA) is 78.8 Å². The largest absolute Gasteiger partial charge is 0.493 e. The molecule has 3 heterocycles. The highest BCUT2D eigenvalue weighted by atomic mass is 16.5. The predicted octanol–water partition coefficient (Wildman–Crippen LogP) is 2.88. The number of fused-ring (bicyclic) bond motifs is 1. The minimum absolute atomic E-state index is 0.175. The number of aromatic amines is 1. The van der Waals surface area contributed by atoms with Gasteiger partial charge in [-0.05, 0) is 64.5 Å². The Kier molecular flexibility index (Phi) is 6.91. The van der Waals surface area contributed by atoms with Gasteiger partial charge in [-0.3, -0.25) is 9.69 Å². The van der Waals surface area contributed by atoms with Crippen LogP contribution in [0.25, 0.3) is 16.9 Å². The summed E-state index contributed by atoms with van der Waals surface area (Å²) >= 11 is 0. The summed E-state index contributed by atoms with van der Waals surface area (Å²) in [6.07, 6.45) is 2.88. The van der Waals surface area contributed by atoms with Crippen molar-refractivity contribution in [2.75, 3.05) is 39.8 Å². The lowest BCUT2D eigenvalue weighted by Gasteiger charge is -2.21. The SMILES string of the molecule is CCCc1nc(C)c2c(=O)[nH]c(-c3cc(CN4CCCN(C)CC4)ccc3OCC)nn12. The maximum Gasteiger partial charge on any atom is 0.277 e. The van der Waals surface area contributed by atoms with Gasteiger partial charge in [-0.1, -0.05) is 13.0 Å². The van der Waals surface area contributed by atoms with Gasteiger partial charge in [-0.2, -0.15) is 0 Å². The van der Waals surface area contributed by atoms with Crippen LogP contribution >= 0.6 is 0 Å². The zero-order valence-electron chi connectivity index (χ0n) is 19.6. The number of likely N-dealkylation sites (N-methyl/N-ethyl adjacent to an activating group) is 1. The average molecular weight is 439 g/mol. The van der Waals surface area contributed by atoms with Crippen LogP contribution in [0, 0.1) is 6.92 Å². The molecule has 172 valence electrons. The summed E-state index contributed by atoms with van der Waals surface area (Å²) in [5.41, 5.74) is 3.04. The van der Waals surface area contributed by atoms with Gasteiger partial charge in [0.15, 0.2) is 11.3 Å². The molecule has 0 amide bonds. The number of nitrogens with one attached hydrogen (secondary N) is 1. The number of ether oxygens (including phenoxy) is 1. The van der Waals surface area contributed by atoms with Crippen molar-refractivity contribution in [3.63, 3.8) is 0 Å². The zero-order valence-corrected chi connectivity index (χ0v) is 19.6. The van der Waals surface area contributed by atoms with Crippen molar-refractivity contribution in [1.29, 1.82) is 0 Å². The van der Waals surface area contributed by atoms with E-state index in [9.17, 15) is 4.79 Å². The molecule has 2 aromatic heterocycles. The van der Waals surface area contributed by atoms with Crippen molar-refractivity contribution in [2.24, 2.45) is 0 Å². The molecule has 8 heteroatoms. The zero-order chi connectivity index (χ0) is 22.7. The number of rotatable bonds is 7. The van der Waals surface area contributed by atoms with Crippen molar-refractivity contribution >= 4 is 5.52 Å². The van der Waals surface area contributed by atoms with Crippen LogP contribution in [0.1, 0.15) is 43.8 Å². The number of aryl methyl sites for hydroxylation is 2. The second-order valence-electron chi connectivity index (χ2n) is 8.62. The van der Waals surface area contributed by atoms with Crippen molar-refractivity contribution in [3.8, 4) is 17.1 Å². The molecule has 1 fully saturated rings. The van der Waals surface area contributed by atoms with Crippen LogP contribution in [0.5, 0.6) is 5.75 Å². The van der Waals surface area contributed by atoms with E-state index in [4.69, 9.17) is 9.84 Å². The van der Waals surface area contributed by atoms with Crippen molar-refractivity contribution in [2.45, 2.75) is 46.6 Å². The van der Waals surface area contributed by atoms with E-state index in [-0.39, 0.29) is 5.56 Å². The maximum absolute atomic E-state index is 12.9. The highest BCUT2D eigenvalue weighted by Gasteiger charge is 2.18. The van der Waals surface area contributed by atoms with Gasteiger partial charge in [0.25, 0.3) is 5.56 Å². The van der Waals surface area contributed by atoms with Gasteiger partial charge in [0.1, 0.15) is 11.6 Å². The normalized spacial score (nSPS) is 15.9. The third kappa shape index (κ3) is 4.71. The van der Waals surface area contributed by atoms with Crippen LogP contribution in [0.3, 0.4) is 0 Å². The maximum atomic E-state index is 12.9. The van der Waals surface area contributed by atoms with Gasteiger partial charge in [0, 0.05) is 26.1 Å². The molecule has 0 spiro atoms. The minimum Gasteiger partial charge on any atom is -0.493 e. The van der Waals surface area contributed by atoms with Crippen LogP contribution < -0.4 is 10.3 Å². The van der Waals surface area contributed by atoms with Crippen LogP contribution in [-0.2, 0) is 13.0 Å². The van der Waals surface area contributed by atoms with E-state index in [0.717, 1.165) is 62.7 Å². The quantitative estimate of drug-likeness (QED) is 0.611. The fraction of sp³-hybridized carbons (Fsp3) is 0.542. The number of nitrogens with zero attached hydrogens (tertiary/aromatic N) is 5. The monoisotopic (exact) mass is 438 g/mol. The standard InChI is InChI=1S/C24H34N6O2/c1-5-8-21-25-17(3)22-24(31)26-23(27-30(21)22)19-15-18(9-10-20(19)32-6-2)16-29-12-7-11-28(4)13-14-29/h9-10,15H,5-8,11-14,16H2,1-4H3,(H,26,27,31). The van der Waals surface area contributed by atoms with Gasteiger partial charge in [-0.25, -0.2) is 9.50 Å². The third-order valence-electron chi connectivity index (χ3n) is 6.03. The van der Waals surface area contributed by atoms with Gasteiger partial charge in [0.2, 0.25) is 0 Å². The number of H-pyrrole nitrogens is 1. The molecule has 1 aromatic carbocycles. The number of hydrogen-bond acceptors (Lipinski definition) is 6. The van der Waals surface area contributed by atoms with Crippen molar-refractivity contribution < 1.29 is 4.74 Å². The summed E-state index contributed by atoms with van der Waals surface area (Å²) in [6.45, 7) is 11.7. The average Bonchev–Trinajstić information content (AvgIpc) is 2.94. The Morgan fingerprint density at radius 2 is 2.00 bits per heavy atom. The Morgan fingerprint density at radius 3 is 2.78 bits per heavy atom. The molecule has 0 saturated carbocycles. The van der Waals surface area contributed by atoms with E-state index in [1.807, 2.05) is 19.9 Å². The number of hydrogen-bond donors (Lipinski definition) is 1. The van der Waals surface area contributed by atoms with E-state index in [2.05, 4.69) is 45.9 Å². The molecule has 3 aromatic rings. The van der Waals surface area contributed by atoms with E-state index in [1.165, 1.54) is 12.0 Å². The summed E-state index contributed by atoms with van der Waals surface area (Å²) in [4.78, 5) is 25.4. The molecule has 32 heavy (non-hydrogen) atoms. The van der Waals surface area contributed by atoms with Crippen LogP contribution in [0.15, 0.2) is 23.0 Å². The van der Waals surface area contributed by atoms with Crippen molar-refractivity contribution in [1.82, 2.24) is 29.4 Å². The molecule has 1 aliphatic heterocycles. The summed E-state index contributed by atoms with van der Waals surface area (Å²) < 4.78 is 7.61. The number of aromatic nitrogens is 4. The highest BCUT2D eigenvalue weighted by Crippen LogP contribution is 2.29. The fourth-order valence-corrected chi connectivity index (χ4v) is 4.40. The molecule has 4 rings (SSSR count). The molecule has 1 saturated heterocycles. The van der Waals surface area contributed by atoms with Gasteiger partial charge >= 0.3 is 0 Å². The Balaban J connectivity index is 1.74. The molecule has 8 nitrogen and oxygen atoms in total. The molecular weight excluding hydrogens is 404 g/mol. The molecule has 0 atom stereocenters. The van der Waals surface area contributed by atoms with Crippen LogP contribution in [-0.4, -0.2) is 69.2 Å². The first-order valence-corrected chi connectivity index (χ1v) is 11.7. The molecule has 0 radical (unpaired) electrons. The van der Waals surface area contributed by atoms with Crippen LogP contribution in [0.4, 0.5) is 0 Å². The molecule has 0 aliphatic carbocycles. The van der Waals surface area contributed by atoms with Crippen LogP contribution in [0.2, 0.25) is 0 Å². The summed E-state index contributed by atoms with van der Waals surface area (Å²) in [7, 11) is 2.18. The lowest BCUT2D eigenvalue weighted by atomic mass is 10.1. The smallest absolute Gasteiger partial charge is 0.277 e. The Hall–Kier alpha value is -2.71. The highest BCUT2D eigenvalue weighted by molar-refractivity contribution is 5.66. The van der Waals surface area contributed by atoms with E-state index >= 15 is 0 Å². The van der Waals surface area contributed by atoms with E-state index < -0.39 is 0 Å². The second-order valence-corrected chi connectivity index (χ2v) is 8.62. The molecule has 0 bridgehead atoms. The summed E-state index contributed by atoms with van der Waals surface area (Å²) in [6, 6.07) is 6.21. The lowest BCUT2D eigenvalue weighted by Crippen LogP contribution is -2.28. The van der Waals surface area contributed by atoms with E-state index in [0.29, 0.717) is 23.6 Å². The summed E-state index contributed by atoms with van der Waals surface area (Å²) in [5, 5.41) is 4.80. The minimum atomic E-state index is -0.175. The molecule has 1 aliphatic rings. The number of benzene rings is 1. The van der Waals surface area contributed by atoms with Gasteiger partial charge in [-0.15, -0.1) is 5.10 Å². The molecular formula is C24H34N6O2. The first-order chi connectivity index (χ1) is 15.5. The second kappa shape index (κ2) is 9.83.